The Morgan fingerprint density at radius 3 is 2.57 bits per heavy atom. The van der Waals surface area contributed by atoms with Crippen LogP contribution >= 0.6 is 0 Å². The highest BCUT2D eigenvalue weighted by atomic mass is 16.5. The molecule has 1 aromatic carbocycles. The van der Waals surface area contributed by atoms with E-state index in [1.807, 2.05) is 6.92 Å². The van der Waals surface area contributed by atoms with Gasteiger partial charge >= 0.3 is 0 Å². The lowest BCUT2D eigenvalue weighted by molar-refractivity contribution is 0.291. The monoisotopic (exact) mass is 289 g/mol. The summed E-state index contributed by atoms with van der Waals surface area (Å²) in [5.74, 6) is 2.11. The van der Waals surface area contributed by atoms with Crippen LogP contribution in [0.4, 0.5) is 0 Å². The number of hydrogen-bond acceptors (Lipinski definition) is 3. The first-order valence-corrected chi connectivity index (χ1v) is 8.21. The SMILES string of the molecule is CCCOc1ccc(C2CCC(C(C)N=O)CC2)cc1C. The van der Waals surface area contributed by atoms with Gasteiger partial charge in [0, 0.05) is 0 Å². The van der Waals surface area contributed by atoms with Gasteiger partial charge in [-0.15, -0.1) is 0 Å². The first-order chi connectivity index (χ1) is 10.2. The zero-order valence-corrected chi connectivity index (χ0v) is 13.5. The molecule has 0 heterocycles. The van der Waals surface area contributed by atoms with Crippen molar-refractivity contribution in [2.75, 3.05) is 6.61 Å². The van der Waals surface area contributed by atoms with Crippen molar-refractivity contribution >= 4 is 0 Å². The third-order valence-electron chi connectivity index (χ3n) is 4.75. The van der Waals surface area contributed by atoms with Crippen molar-refractivity contribution in [1.82, 2.24) is 0 Å². The summed E-state index contributed by atoms with van der Waals surface area (Å²) in [6.45, 7) is 6.97. The number of aryl methyl sites for hydroxylation is 1. The third-order valence-corrected chi connectivity index (χ3v) is 4.75. The van der Waals surface area contributed by atoms with Crippen molar-refractivity contribution in [2.45, 2.75) is 64.8 Å². The summed E-state index contributed by atoms with van der Waals surface area (Å²) in [4.78, 5) is 10.7. The molecule has 1 saturated carbocycles. The average molecular weight is 289 g/mol. The van der Waals surface area contributed by atoms with Gasteiger partial charge in [0.1, 0.15) is 5.75 Å². The van der Waals surface area contributed by atoms with Gasteiger partial charge in [-0.2, -0.15) is 4.91 Å². The van der Waals surface area contributed by atoms with E-state index in [0.29, 0.717) is 11.8 Å². The predicted molar refractivity (Wildman–Crippen MR) is 86.9 cm³/mol. The van der Waals surface area contributed by atoms with Gasteiger partial charge < -0.3 is 4.74 Å². The maximum atomic E-state index is 10.7. The topological polar surface area (TPSA) is 38.7 Å². The number of ether oxygens (including phenoxy) is 1. The minimum atomic E-state index is -0.0301. The molecule has 2 rings (SSSR count). The maximum absolute atomic E-state index is 10.7. The van der Waals surface area contributed by atoms with Gasteiger partial charge in [-0.3, -0.25) is 0 Å². The van der Waals surface area contributed by atoms with E-state index in [-0.39, 0.29) is 6.04 Å². The number of rotatable bonds is 6. The van der Waals surface area contributed by atoms with Crippen molar-refractivity contribution < 1.29 is 4.74 Å². The molecule has 116 valence electrons. The van der Waals surface area contributed by atoms with Gasteiger partial charge in [-0.25, -0.2) is 0 Å². The molecule has 0 aromatic heterocycles. The number of benzene rings is 1. The van der Waals surface area contributed by atoms with Gasteiger partial charge in [0.15, 0.2) is 0 Å². The van der Waals surface area contributed by atoms with E-state index >= 15 is 0 Å². The van der Waals surface area contributed by atoms with E-state index < -0.39 is 0 Å². The van der Waals surface area contributed by atoms with Crippen molar-refractivity contribution in [3.05, 3.63) is 34.2 Å². The summed E-state index contributed by atoms with van der Waals surface area (Å²) >= 11 is 0. The molecule has 0 aliphatic heterocycles. The van der Waals surface area contributed by atoms with Crippen LogP contribution in [-0.2, 0) is 0 Å². The van der Waals surface area contributed by atoms with Crippen molar-refractivity contribution in [3.8, 4) is 5.75 Å². The maximum Gasteiger partial charge on any atom is 0.122 e. The third kappa shape index (κ3) is 4.05. The molecule has 1 atom stereocenters. The van der Waals surface area contributed by atoms with E-state index in [2.05, 4.69) is 37.2 Å². The van der Waals surface area contributed by atoms with Crippen molar-refractivity contribution in [3.63, 3.8) is 0 Å². The molecule has 1 fully saturated rings. The van der Waals surface area contributed by atoms with E-state index in [1.54, 1.807) is 0 Å². The van der Waals surface area contributed by atoms with Gasteiger partial charge in [-0.05, 0) is 75.0 Å². The van der Waals surface area contributed by atoms with Crippen molar-refractivity contribution in [1.29, 1.82) is 0 Å². The molecule has 0 radical (unpaired) electrons. The Bertz CT molecular complexity index is 464. The summed E-state index contributed by atoms with van der Waals surface area (Å²) in [5.41, 5.74) is 2.65. The predicted octanol–water partition coefficient (Wildman–Crippen LogP) is 5.21. The molecule has 3 heteroatoms. The van der Waals surface area contributed by atoms with Crippen LogP contribution in [0.5, 0.6) is 5.75 Å². The minimum absolute atomic E-state index is 0.0301. The summed E-state index contributed by atoms with van der Waals surface area (Å²) < 4.78 is 5.74. The lowest BCUT2D eigenvalue weighted by Gasteiger charge is -2.30. The van der Waals surface area contributed by atoms with Crippen LogP contribution in [0.1, 0.15) is 63.0 Å². The Morgan fingerprint density at radius 1 is 1.29 bits per heavy atom. The van der Waals surface area contributed by atoms with E-state index in [4.69, 9.17) is 4.74 Å². The van der Waals surface area contributed by atoms with Crippen LogP contribution in [0, 0.1) is 17.7 Å². The molecule has 0 N–H and O–H groups in total. The minimum Gasteiger partial charge on any atom is -0.493 e. The van der Waals surface area contributed by atoms with Gasteiger partial charge in [-0.1, -0.05) is 24.2 Å². The van der Waals surface area contributed by atoms with Crippen LogP contribution in [-0.4, -0.2) is 12.6 Å². The van der Waals surface area contributed by atoms with Crippen LogP contribution in [0.15, 0.2) is 23.4 Å². The van der Waals surface area contributed by atoms with E-state index in [0.717, 1.165) is 31.6 Å². The Balaban J connectivity index is 1.97. The molecule has 0 bridgehead atoms. The fraction of sp³-hybridized carbons (Fsp3) is 0.667. The normalized spacial score (nSPS) is 23.6. The second kappa shape index (κ2) is 7.58. The molecule has 0 saturated heterocycles. The van der Waals surface area contributed by atoms with Crippen molar-refractivity contribution in [2.24, 2.45) is 11.1 Å². The molecular weight excluding hydrogens is 262 g/mol. The van der Waals surface area contributed by atoms with E-state index in [1.165, 1.54) is 24.0 Å². The second-order valence-corrected chi connectivity index (χ2v) is 6.33. The molecule has 3 nitrogen and oxygen atoms in total. The summed E-state index contributed by atoms with van der Waals surface area (Å²) in [6.07, 6.45) is 5.60. The number of nitroso groups, excluding NO2 is 1. The quantitative estimate of drug-likeness (QED) is 0.674. The second-order valence-electron chi connectivity index (χ2n) is 6.33. The first-order valence-electron chi connectivity index (χ1n) is 8.21. The average Bonchev–Trinajstić information content (AvgIpc) is 2.53. The highest BCUT2D eigenvalue weighted by molar-refractivity contribution is 5.37. The smallest absolute Gasteiger partial charge is 0.122 e. The summed E-state index contributed by atoms with van der Waals surface area (Å²) in [5, 5.41) is 3.20. The first kappa shape index (κ1) is 16.0. The molecule has 1 unspecified atom stereocenters. The lowest BCUT2D eigenvalue weighted by Crippen LogP contribution is -2.21. The van der Waals surface area contributed by atoms with Crippen LogP contribution < -0.4 is 4.74 Å². The molecule has 0 amide bonds. The zero-order chi connectivity index (χ0) is 15.2. The summed E-state index contributed by atoms with van der Waals surface area (Å²) in [7, 11) is 0. The van der Waals surface area contributed by atoms with Crippen LogP contribution in [0.3, 0.4) is 0 Å². The van der Waals surface area contributed by atoms with E-state index in [9.17, 15) is 4.91 Å². The Morgan fingerprint density at radius 2 is 2.00 bits per heavy atom. The number of nitrogens with zero attached hydrogens (tertiary/aromatic N) is 1. The largest absolute Gasteiger partial charge is 0.493 e. The van der Waals surface area contributed by atoms with Gasteiger partial charge in [0.05, 0.1) is 12.6 Å². The molecule has 21 heavy (non-hydrogen) atoms. The molecule has 1 aliphatic carbocycles. The lowest BCUT2D eigenvalue weighted by atomic mass is 9.76. The molecule has 1 aromatic rings. The fourth-order valence-corrected chi connectivity index (χ4v) is 3.32. The Labute approximate surface area is 128 Å². The van der Waals surface area contributed by atoms with Crippen LogP contribution in [0.2, 0.25) is 0 Å². The van der Waals surface area contributed by atoms with Gasteiger partial charge in [0.25, 0.3) is 0 Å². The molecular formula is C18H27NO2. The zero-order valence-electron chi connectivity index (χ0n) is 13.5. The molecule has 0 spiro atoms. The molecule has 1 aliphatic rings. The van der Waals surface area contributed by atoms with Gasteiger partial charge in [0.2, 0.25) is 0 Å². The standard InChI is InChI=1S/C18H27NO2/c1-4-11-21-18-10-9-17(12-13(18)2)16-7-5-15(6-8-16)14(3)19-20/h9-10,12,14-16H,4-8,11H2,1-3H3. The Hall–Kier alpha value is -1.38. The summed E-state index contributed by atoms with van der Waals surface area (Å²) in [6, 6.07) is 6.57. The highest BCUT2D eigenvalue weighted by Gasteiger charge is 2.26. The van der Waals surface area contributed by atoms with Crippen LogP contribution in [0.25, 0.3) is 0 Å². The highest BCUT2D eigenvalue weighted by Crippen LogP contribution is 2.38. The number of hydrogen-bond donors (Lipinski definition) is 0. The Kier molecular flexibility index (Phi) is 5.77. The fourth-order valence-electron chi connectivity index (χ4n) is 3.32.